The Bertz CT molecular complexity index is 538. The normalized spacial score (nSPS) is 19.6. The molecular formula is C14H18N2S. The van der Waals surface area contributed by atoms with Crippen molar-refractivity contribution < 1.29 is 0 Å². The molecule has 1 heterocycles. The average Bonchev–Trinajstić information content (AvgIpc) is 2.72. The molecule has 0 spiro atoms. The van der Waals surface area contributed by atoms with E-state index in [0.717, 1.165) is 18.5 Å². The fourth-order valence-corrected chi connectivity index (χ4v) is 3.83. The zero-order chi connectivity index (χ0) is 11.9. The van der Waals surface area contributed by atoms with Crippen LogP contribution >= 0.6 is 11.5 Å². The summed E-state index contributed by atoms with van der Waals surface area (Å²) in [6.07, 6.45) is 6.06. The summed E-state index contributed by atoms with van der Waals surface area (Å²) in [5, 5.41) is 1.31. The molecule has 0 saturated heterocycles. The van der Waals surface area contributed by atoms with E-state index in [0.29, 0.717) is 0 Å². The van der Waals surface area contributed by atoms with E-state index in [1.54, 1.807) is 11.5 Å². The smallest absolute Gasteiger partial charge is 0.0593 e. The first-order chi connectivity index (χ1) is 8.21. The molecule has 1 fully saturated rings. The van der Waals surface area contributed by atoms with Gasteiger partial charge < -0.3 is 5.73 Å². The van der Waals surface area contributed by atoms with Crippen molar-refractivity contribution in [1.29, 1.82) is 0 Å². The first-order valence-corrected chi connectivity index (χ1v) is 7.12. The maximum Gasteiger partial charge on any atom is 0.0593 e. The standard InChI is InChI=1S/C14H18N2S/c1-10-13-11(6-5-7-12(13)17-16-10)14(15)8-3-2-4-9-14/h5-7H,2-4,8-9,15H2,1H3. The van der Waals surface area contributed by atoms with Crippen LogP contribution in [0.15, 0.2) is 18.2 Å². The SMILES string of the molecule is Cc1nsc2cccc(C3(N)CCCCC3)c12. The Hall–Kier alpha value is -0.930. The van der Waals surface area contributed by atoms with E-state index in [4.69, 9.17) is 5.73 Å². The highest BCUT2D eigenvalue weighted by Gasteiger charge is 2.31. The van der Waals surface area contributed by atoms with Gasteiger partial charge in [0.05, 0.1) is 10.4 Å². The van der Waals surface area contributed by atoms with Gasteiger partial charge in [0.15, 0.2) is 0 Å². The van der Waals surface area contributed by atoms with Crippen molar-refractivity contribution >= 4 is 21.6 Å². The van der Waals surface area contributed by atoms with E-state index in [-0.39, 0.29) is 5.54 Å². The highest BCUT2D eigenvalue weighted by Crippen LogP contribution is 2.39. The largest absolute Gasteiger partial charge is 0.321 e. The fraction of sp³-hybridized carbons (Fsp3) is 0.500. The summed E-state index contributed by atoms with van der Waals surface area (Å²) in [7, 11) is 0. The molecule has 17 heavy (non-hydrogen) atoms. The number of rotatable bonds is 1. The van der Waals surface area contributed by atoms with Crippen molar-refractivity contribution in [2.45, 2.75) is 44.6 Å². The molecule has 2 nitrogen and oxygen atoms in total. The van der Waals surface area contributed by atoms with Crippen molar-refractivity contribution in [3.63, 3.8) is 0 Å². The van der Waals surface area contributed by atoms with Crippen LogP contribution in [0, 0.1) is 6.92 Å². The van der Waals surface area contributed by atoms with Crippen LogP contribution in [0.1, 0.15) is 43.4 Å². The molecule has 3 rings (SSSR count). The Morgan fingerprint density at radius 2 is 2.00 bits per heavy atom. The van der Waals surface area contributed by atoms with Gasteiger partial charge in [-0.05, 0) is 42.9 Å². The fourth-order valence-electron chi connectivity index (χ4n) is 3.01. The van der Waals surface area contributed by atoms with Gasteiger partial charge in [0.1, 0.15) is 0 Å². The molecule has 1 aromatic carbocycles. The third kappa shape index (κ3) is 1.78. The van der Waals surface area contributed by atoms with Crippen LogP contribution in [0.3, 0.4) is 0 Å². The minimum absolute atomic E-state index is 0.120. The molecule has 1 aliphatic rings. The number of nitrogens with zero attached hydrogens (tertiary/aromatic N) is 1. The van der Waals surface area contributed by atoms with Gasteiger partial charge in [0, 0.05) is 10.9 Å². The number of aryl methyl sites for hydroxylation is 1. The summed E-state index contributed by atoms with van der Waals surface area (Å²) in [6.45, 7) is 2.09. The molecule has 0 bridgehead atoms. The Morgan fingerprint density at radius 1 is 1.24 bits per heavy atom. The summed E-state index contributed by atoms with van der Waals surface area (Å²) in [5.74, 6) is 0. The van der Waals surface area contributed by atoms with E-state index in [9.17, 15) is 0 Å². The maximum absolute atomic E-state index is 6.65. The van der Waals surface area contributed by atoms with Crippen LogP contribution in [0.2, 0.25) is 0 Å². The predicted molar refractivity (Wildman–Crippen MR) is 73.3 cm³/mol. The van der Waals surface area contributed by atoms with E-state index in [1.165, 1.54) is 34.9 Å². The third-order valence-electron chi connectivity index (χ3n) is 3.95. The van der Waals surface area contributed by atoms with E-state index in [1.807, 2.05) is 0 Å². The van der Waals surface area contributed by atoms with Gasteiger partial charge in [0.25, 0.3) is 0 Å². The molecule has 1 aliphatic carbocycles. The highest BCUT2D eigenvalue weighted by molar-refractivity contribution is 7.13. The topological polar surface area (TPSA) is 38.9 Å². The van der Waals surface area contributed by atoms with Crippen LogP contribution in [-0.4, -0.2) is 4.37 Å². The van der Waals surface area contributed by atoms with Gasteiger partial charge in [-0.3, -0.25) is 0 Å². The Labute approximate surface area is 106 Å². The quantitative estimate of drug-likeness (QED) is 0.833. The lowest BCUT2D eigenvalue weighted by atomic mass is 9.76. The number of fused-ring (bicyclic) bond motifs is 1. The van der Waals surface area contributed by atoms with Crippen molar-refractivity contribution in [2.24, 2.45) is 5.73 Å². The average molecular weight is 246 g/mol. The summed E-state index contributed by atoms with van der Waals surface area (Å²) in [5.41, 5.74) is 8.99. The van der Waals surface area contributed by atoms with Crippen LogP contribution in [0.5, 0.6) is 0 Å². The van der Waals surface area contributed by atoms with Crippen LogP contribution in [0.25, 0.3) is 10.1 Å². The van der Waals surface area contributed by atoms with Gasteiger partial charge >= 0.3 is 0 Å². The Balaban J connectivity index is 2.18. The third-order valence-corrected chi connectivity index (χ3v) is 4.85. The molecule has 1 saturated carbocycles. The molecule has 0 atom stereocenters. The van der Waals surface area contributed by atoms with Crippen molar-refractivity contribution in [2.75, 3.05) is 0 Å². The molecule has 3 heteroatoms. The number of aromatic nitrogens is 1. The lowest BCUT2D eigenvalue weighted by Gasteiger charge is -2.34. The van der Waals surface area contributed by atoms with E-state index in [2.05, 4.69) is 29.5 Å². The first-order valence-electron chi connectivity index (χ1n) is 6.35. The minimum Gasteiger partial charge on any atom is -0.321 e. The second kappa shape index (κ2) is 4.07. The van der Waals surface area contributed by atoms with Gasteiger partial charge in [0.2, 0.25) is 0 Å². The summed E-state index contributed by atoms with van der Waals surface area (Å²) in [4.78, 5) is 0. The van der Waals surface area contributed by atoms with Crippen LogP contribution < -0.4 is 5.73 Å². The predicted octanol–water partition coefficient (Wildman–Crippen LogP) is 3.72. The second-order valence-electron chi connectivity index (χ2n) is 5.16. The molecule has 90 valence electrons. The van der Waals surface area contributed by atoms with Crippen molar-refractivity contribution in [1.82, 2.24) is 4.37 Å². The zero-order valence-corrected chi connectivity index (χ0v) is 11.0. The molecule has 1 aromatic heterocycles. The zero-order valence-electron chi connectivity index (χ0n) is 10.2. The monoisotopic (exact) mass is 246 g/mol. The molecular weight excluding hydrogens is 228 g/mol. The summed E-state index contributed by atoms with van der Waals surface area (Å²) >= 11 is 1.59. The van der Waals surface area contributed by atoms with Crippen LogP contribution in [0.4, 0.5) is 0 Å². The van der Waals surface area contributed by atoms with Crippen molar-refractivity contribution in [3.05, 3.63) is 29.5 Å². The van der Waals surface area contributed by atoms with Gasteiger partial charge in [-0.15, -0.1) is 0 Å². The van der Waals surface area contributed by atoms with Gasteiger partial charge in [-0.25, -0.2) is 0 Å². The van der Waals surface area contributed by atoms with E-state index < -0.39 is 0 Å². The molecule has 0 radical (unpaired) electrons. The highest BCUT2D eigenvalue weighted by atomic mass is 32.1. The maximum atomic E-state index is 6.65. The van der Waals surface area contributed by atoms with Crippen LogP contribution in [-0.2, 0) is 5.54 Å². The van der Waals surface area contributed by atoms with E-state index >= 15 is 0 Å². The van der Waals surface area contributed by atoms with Gasteiger partial charge in [-0.2, -0.15) is 4.37 Å². The number of hydrogen-bond acceptors (Lipinski definition) is 3. The molecule has 2 N–H and O–H groups in total. The lowest BCUT2D eigenvalue weighted by molar-refractivity contribution is 0.304. The number of nitrogens with two attached hydrogens (primary N) is 1. The molecule has 0 aliphatic heterocycles. The second-order valence-corrected chi connectivity index (χ2v) is 5.97. The molecule has 0 amide bonds. The first kappa shape index (κ1) is 11.2. The Morgan fingerprint density at radius 3 is 2.76 bits per heavy atom. The molecule has 2 aromatic rings. The lowest BCUT2D eigenvalue weighted by Crippen LogP contribution is -2.38. The number of benzene rings is 1. The Kier molecular flexibility index (Phi) is 2.68. The van der Waals surface area contributed by atoms with Gasteiger partial charge in [-0.1, -0.05) is 31.4 Å². The summed E-state index contributed by atoms with van der Waals surface area (Å²) < 4.78 is 5.74. The summed E-state index contributed by atoms with van der Waals surface area (Å²) in [6, 6.07) is 6.48. The molecule has 0 unspecified atom stereocenters. The minimum atomic E-state index is -0.120. The number of hydrogen-bond donors (Lipinski definition) is 1. The van der Waals surface area contributed by atoms with Crippen molar-refractivity contribution in [3.8, 4) is 0 Å².